The van der Waals surface area contributed by atoms with Crippen molar-refractivity contribution in [3.05, 3.63) is 24.3 Å². The van der Waals surface area contributed by atoms with Gasteiger partial charge in [-0.25, -0.2) is 0 Å². The van der Waals surface area contributed by atoms with Crippen LogP contribution >= 0.6 is 0 Å². The van der Waals surface area contributed by atoms with E-state index in [1.807, 2.05) is 6.07 Å². The molecule has 1 aromatic rings. The number of hydrogen-bond acceptors (Lipinski definition) is 5. The van der Waals surface area contributed by atoms with E-state index >= 15 is 0 Å². The highest BCUT2D eigenvalue weighted by Crippen LogP contribution is 2.19. The second-order valence-corrected chi connectivity index (χ2v) is 3.65. The Balaban J connectivity index is 2.32. The first-order valence-corrected chi connectivity index (χ1v) is 5.73. The van der Waals surface area contributed by atoms with Crippen LogP contribution < -0.4 is 10.5 Å². The molecule has 0 aliphatic carbocycles. The molecule has 0 amide bonds. The summed E-state index contributed by atoms with van der Waals surface area (Å²) in [4.78, 5) is 11.4. The number of nitrogens with zero attached hydrogens (tertiary/aromatic N) is 1. The number of nitrogens with two attached hydrogens (primary N) is 1. The summed E-state index contributed by atoms with van der Waals surface area (Å²) in [6.45, 7) is 1.96. The maximum absolute atomic E-state index is 11.4. The number of carbonyl (C=O) groups is 1. The zero-order valence-corrected chi connectivity index (χ0v) is 10.3. The number of esters is 1. The van der Waals surface area contributed by atoms with Crippen LogP contribution in [0.5, 0.6) is 5.75 Å². The molecule has 0 aromatic heterocycles. The molecule has 0 saturated heterocycles. The van der Waals surface area contributed by atoms with Crippen LogP contribution in [-0.4, -0.2) is 18.7 Å². The highest BCUT2D eigenvalue weighted by molar-refractivity contribution is 5.70. The van der Waals surface area contributed by atoms with Gasteiger partial charge in [0.25, 0.3) is 0 Å². The van der Waals surface area contributed by atoms with Crippen molar-refractivity contribution in [2.24, 2.45) is 0 Å². The Hall–Kier alpha value is -2.22. The fourth-order valence-corrected chi connectivity index (χ4v) is 1.27. The van der Waals surface area contributed by atoms with Crippen molar-refractivity contribution in [3.8, 4) is 11.8 Å². The molecule has 1 aromatic carbocycles. The third kappa shape index (κ3) is 4.34. The first-order chi connectivity index (χ1) is 8.67. The second kappa shape index (κ2) is 7.17. The molecule has 0 spiro atoms. The lowest BCUT2D eigenvalue weighted by atomic mass is 10.3. The number of nitriles is 1. The zero-order valence-electron chi connectivity index (χ0n) is 10.3. The van der Waals surface area contributed by atoms with Gasteiger partial charge in [0.2, 0.25) is 0 Å². The lowest BCUT2D eigenvalue weighted by molar-refractivity contribution is -0.147. The molecule has 0 heterocycles. The van der Waals surface area contributed by atoms with Gasteiger partial charge in [0.05, 0.1) is 18.7 Å². The van der Waals surface area contributed by atoms with Crippen LogP contribution in [0.1, 0.15) is 19.8 Å². The van der Waals surface area contributed by atoms with Gasteiger partial charge in [-0.05, 0) is 18.6 Å². The van der Waals surface area contributed by atoms with E-state index in [9.17, 15) is 4.79 Å². The highest BCUT2D eigenvalue weighted by atomic mass is 16.5. The molecule has 0 radical (unpaired) electrons. The molecule has 2 N–H and O–H groups in total. The Kier molecular flexibility index (Phi) is 5.52. The van der Waals surface area contributed by atoms with Gasteiger partial charge in [-0.15, -0.1) is 0 Å². The third-order valence-corrected chi connectivity index (χ3v) is 2.27. The molecule has 0 aliphatic rings. The van der Waals surface area contributed by atoms with Crippen LogP contribution in [0.4, 0.5) is 5.69 Å². The molecule has 5 nitrogen and oxygen atoms in total. The summed E-state index contributed by atoms with van der Waals surface area (Å²) >= 11 is 0. The van der Waals surface area contributed by atoms with Crippen LogP contribution in [0.25, 0.3) is 0 Å². The van der Waals surface area contributed by atoms with Crippen molar-refractivity contribution in [1.82, 2.24) is 0 Å². The maximum Gasteiger partial charge on any atom is 0.310 e. The SMILES string of the molecule is CCC(C#N)OC(=O)CCOc1ccccc1N. The van der Waals surface area contributed by atoms with E-state index in [4.69, 9.17) is 20.5 Å². The van der Waals surface area contributed by atoms with E-state index in [2.05, 4.69) is 0 Å². The minimum atomic E-state index is -0.681. The molecule has 0 bridgehead atoms. The fraction of sp³-hybridized carbons (Fsp3) is 0.385. The van der Waals surface area contributed by atoms with Gasteiger partial charge >= 0.3 is 5.97 Å². The van der Waals surface area contributed by atoms with Crippen molar-refractivity contribution in [2.75, 3.05) is 12.3 Å². The largest absolute Gasteiger partial charge is 0.491 e. The number of ether oxygens (including phenoxy) is 2. The van der Waals surface area contributed by atoms with Gasteiger partial charge in [-0.3, -0.25) is 4.79 Å². The zero-order chi connectivity index (χ0) is 13.4. The number of rotatable bonds is 6. The third-order valence-electron chi connectivity index (χ3n) is 2.27. The molecule has 1 unspecified atom stereocenters. The Bertz CT molecular complexity index is 440. The number of anilines is 1. The quantitative estimate of drug-likeness (QED) is 0.613. The van der Waals surface area contributed by atoms with E-state index < -0.39 is 12.1 Å². The summed E-state index contributed by atoms with van der Waals surface area (Å²) in [6.07, 6.45) is -0.111. The molecule has 0 aliphatic heterocycles. The van der Waals surface area contributed by atoms with Gasteiger partial charge in [0.15, 0.2) is 6.10 Å². The standard InChI is InChI=1S/C13H16N2O3/c1-2-10(9-14)18-13(16)7-8-17-12-6-4-3-5-11(12)15/h3-6,10H,2,7-8,15H2,1H3. The van der Waals surface area contributed by atoms with Crippen molar-refractivity contribution >= 4 is 11.7 Å². The van der Waals surface area contributed by atoms with Crippen molar-refractivity contribution < 1.29 is 14.3 Å². The van der Waals surface area contributed by atoms with Crippen molar-refractivity contribution in [3.63, 3.8) is 0 Å². The van der Waals surface area contributed by atoms with Crippen LogP contribution in [0.2, 0.25) is 0 Å². The number of benzene rings is 1. The average molecular weight is 248 g/mol. The van der Waals surface area contributed by atoms with Crippen molar-refractivity contribution in [1.29, 1.82) is 5.26 Å². The topological polar surface area (TPSA) is 85.3 Å². The van der Waals surface area contributed by atoms with E-state index in [-0.39, 0.29) is 13.0 Å². The monoisotopic (exact) mass is 248 g/mol. The lowest BCUT2D eigenvalue weighted by Gasteiger charge is -2.10. The Labute approximate surface area is 106 Å². The van der Waals surface area contributed by atoms with Crippen LogP contribution in [0.3, 0.4) is 0 Å². The Morgan fingerprint density at radius 1 is 1.50 bits per heavy atom. The van der Waals surface area contributed by atoms with Gasteiger partial charge in [-0.1, -0.05) is 19.1 Å². The molecule has 0 saturated carbocycles. The van der Waals surface area contributed by atoms with Gasteiger partial charge in [0, 0.05) is 0 Å². The molecule has 5 heteroatoms. The molecule has 18 heavy (non-hydrogen) atoms. The van der Waals surface area contributed by atoms with E-state index in [0.29, 0.717) is 17.9 Å². The molecular weight excluding hydrogens is 232 g/mol. The molecule has 1 atom stereocenters. The smallest absolute Gasteiger partial charge is 0.310 e. The fourth-order valence-electron chi connectivity index (χ4n) is 1.27. The molecule has 0 fully saturated rings. The summed E-state index contributed by atoms with van der Waals surface area (Å²) in [5, 5.41) is 8.64. The molecule has 1 rings (SSSR count). The Morgan fingerprint density at radius 3 is 2.83 bits per heavy atom. The highest BCUT2D eigenvalue weighted by Gasteiger charge is 2.11. The predicted octanol–water partition coefficient (Wildman–Crippen LogP) is 1.88. The summed E-state index contributed by atoms with van der Waals surface area (Å²) in [7, 11) is 0. The molecule has 96 valence electrons. The Morgan fingerprint density at radius 2 is 2.22 bits per heavy atom. The average Bonchev–Trinajstić information content (AvgIpc) is 2.38. The van der Waals surface area contributed by atoms with Gasteiger partial charge in [0.1, 0.15) is 11.8 Å². The van der Waals surface area contributed by atoms with Crippen molar-refractivity contribution in [2.45, 2.75) is 25.9 Å². The number of nitrogen functional groups attached to an aromatic ring is 1. The first-order valence-electron chi connectivity index (χ1n) is 5.73. The number of carbonyl (C=O) groups excluding carboxylic acids is 1. The second-order valence-electron chi connectivity index (χ2n) is 3.65. The van der Waals surface area contributed by atoms with Gasteiger partial charge < -0.3 is 15.2 Å². The summed E-state index contributed by atoms with van der Waals surface area (Å²) in [5.74, 6) is 0.0931. The minimum Gasteiger partial charge on any atom is -0.491 e. The van der Waals surface area contributed by atoms with Crippen LogP contribution in [0, 0.1) is 11.3 Å². The first kappa shape index (κ1) is 13.8. The predicted molar refractivity (Wildman–Crippen MR) is 66.8 cm³/mol. The van der Waals surface area contributed by atoms with E-state index in [1.54, 1.807) is 31.2 Å². The van der Waals surface area contributed by atoms with Gasteiger partial charge in [-0.2, -0.15) is 5.26 Å². The maximum atomic E-state index is 11.4. The summed E-state index contributed by atoms with van der Waals surface area (Å²) < 4.78 is 10.3. The lowest BCUT2D eigenvalue weighted by Crippen LogP contribution is -2.17. The normalized spacial score (nSPS) is 11.3. The summed E-state index contributed by atoms with van der Waals surface area (Å²) in [5.41, 5.74) is 6.20. The number of hydrogen-bond donors (Lipinski definition) is 1. The number of para-hydroxylation sites is 2. The van der Waals surface area contributed by atoms with E-state index in [0.717, 1.165) is 0 Å². The van der Waals surface area contributed by atoms with E-state index in [1.165, 1.54) is 0 Å². The molecular formula is C13H16N2O3. The van der Waals surface area contributed by atoms with Crippen LogP contribution in [0.15, 0.2) is 24.3 Å². The minimum absolute atomic E-state index is 0.0898. The van der Waals surface area contributed by atoms with Crippen LogP contribution in [-0.2, 0) is 9.53 Å². The summed E-state index contributed by atoms with van der Waals surface area (Å²) in [6, 6.07) is 8.94.